The Balaban J connectivity index is 1.76. The number of carboxylic acid groups (broad SMARTS) is 1. The van der Waals surface area contributed by atoms with Gasteiger partial charge in [0.2, 0.25) is 0 Å². The van der Waals surface area contributed by atoms with Gasteiger partial charge in [0.15, 0.2) is 11.6 Å². The second kappa shape index (κ2) is 4.67. The second-order valence-electron chi connectivity index (χ2n) is 5.74. The minimum absolute atomic E-state index is 0.624. The van der Waals surface area contributed by atoms with Gasteiger partial charge in [0.25, 0.3) is 0 Å². The minimum Gasteiger partial charge on any atom is -0.480 e. The number of carboxylic acids is 1. The van der Waals surface area contributed by atoms with Crippen LogP contribution in [-0.2, 0) is 4.79 Å². The highest BCUT2D eigenvalue weighted by Crippen LogP contribution is 2.29. The van der Waals surface area contributed by atoms with Crippen molar-refractivity contribution in [3.05, 3.63) is 47.8 Å². The molecule has 6 heteroatoms. The maximum Gasteiger partial charge on any atom is 0.317 e. The lowest BCUT2D eigenvalue weighted by atomic mass is 9.90. The van der Waals surface area contributed by atoms with E-state index in [9.17, 15) is 9.90 Å². The van der Waals surface area contributed by atoms with Crippen LogP contribution >= 0.6 is 0 Å². The standard InChI is InChI=1S/C17H14N4O2/c1-17(16(22)23)8-6-12-13(7-9-17)21-15(20-12)14-18-10-4-2-3-5-11(10)19-14/h2-9H,1H3,(H,18,19)(H,20,21)(H,22,23). The molecule has 3 N–H and O–H groups in total. The predicted molar refractivity (Wildman–Crippen MR) is 87.5 cm³/mol. The fourth-order valence-corrected chi connectivity index (χ4v) is 2.54. The van der Waals surface area contributed by atoms with E-state index in [4.69, 9.17) is 0 Å². The van der Waals surface area contributed by atoms with Crippen molar-refractivity contribution in [3.8, 4) is 11.6 Å². The first-order valence-corrected chi connectivity index (χ1v) is 7.22. The van der Waals surface area contributed by atoms with Crippen LogP contribution in [-0.4, -0.2) is 31.0 Å². The number of benzene rings is 1. The quantitative estimate of drug-likeness (QED) is 0.678. The Morgan fingerprint density at radius 2 is 1.83 bits per heavy atom. The summed E-state index contributed by atoms with van der Waals surface area (Å²) in [6.45, 7) is 1.65. The molecule has 0 spiro atoms. The van der Waals surface area contributed by atoms with Gasteiger partial charge >= 0.3 is 5.97 Å². The van der Waals surface area contributed by atoms with Gasteiger partial charge in [0, 0.05) is 0 Å². The summed E-state index contributed by atoms with van der Waals surface area (Å²) in [5.41, 5.74) is 2.25. The zero-order chi connectivity index (χ0) is 16.0. The molecule has 114 valence electrons. The van der Waals surface area contributed by atoms with Crippen molar-refractivity contribution < 1.29 is 9.90 Å². The van der Waals surface area contributed by atoms with E-state index in [1.807, 2.05) is 24.3 Å². The molecule has 1 unspecified atom stereocenters. The largest absolute Gasteiger partial charge is 0.480 e. The van der Waals surface area contributed by atoms with E-state index in [2.05, 4.69) is 19.9 Å². The van der Waals surface area contributed by atoms with E-state index in [0.717, 1.165) is 16.7 Å². The SMILES string of the molecule is CC1(C(=O)O)C=Cc2nc(-c3nc4ccccc4[nH]3)[nH]c2C=C1. The highest BCUT2D eigenvalue weighted by atomic mass is 16.4. The molecular weight excluding hydrogens is 292 g/mol. The number of carbonyl (C=O) groups is 1. The van der Waals surface area contributed by atoms with Crippen molar-refractivity contribution in [3.63, 3.8) is 0 Å². The lowest BCUT2D eigenvalue weighted by Crippen LogP contribution is -2.21. The third-order valence-corrected chi connectivity index (χ3v) is 4.02. The third kappa shape index (κ3) is 2.15. The first kappa shape index (κ1) is 13.5. The third-order valence-electron chi connectivity index (χ3n) is 4.02. The molecule has 0 radical (unpaired) electrons. The average molecular weight is 306 g/mol. The average Bonchev–Trinajstić information content (AvgIpc) is 3.11. The Kier molecular flexibility index (Phi) is 2.74. The van der Waals surface area contributed by atoms with E-state index in [1.54, 1.807) is 31.2 Å². The molecule has 0 fully saturated rings. The van der Waals surface area contributed by atoms with Gasteiger partial charge in [-0.1, -0.05) is 24.3 Å². The summed E-state index contributed by atoms with van der Waals surface area (Å²) in [4.78, 5) is 26.8. The van der Waals surface area contributed by atoms with Gasteiger partial charge in [-0.15, -0.1) is 0 Å². The monoisotopic (exact) mass is 306 g/mol. The van der Waals surface area contributed by atoms with E-state index in [1.165, 1.54) is 0 Å². The van der Waals surface area contributed by atoms with Crippen LogP contribution in [0.25, 0.3) is 34.8 Å². The molecule has 23 heavy (non-hydrogen) atoms. The van der Waals surface area contributed by atoms with E-state index in [0.29, 0.717) is 17.3 Å². The smallest absolute Gasteiger partial charge is 0.317 e. The number of aromatic nitrogens is 4. The van der Waals surface area contributed by atoms with Gasteiger partial charge in [0.05, 0.1) is 22.4 Å². The minimum atomic E-state index is -1.03. The first-order valence-electron chi connectivity index (χ1n) is 7.22. The predicted octanol–water partition coefficient (Wildman–Crippen LogP) is 3.08. The zero-order valence-electron chi connectivity index (χ0n) is 12.4. The van der Waals surface area contributed by atoms with Gasteiger partial charge in [-0.2, -0.15) is 0 Å². The molecule has 0 amide bonds. The van der Waals surface area contributed by atoms with Gasteiger partial charge in [-0.05, 0) is 31.2 Å². The number of aromatic amines is 2. The molecule has 0 bridgehead atoms. The van der Waals surface area contributed by atoms with Gasteiger partial charge in [-0.25, -0.2) is 9.97 Å². The van der Waals surface area contributed by atoms with Crippen molar-refractivity contribution in [2.45, 2.75) is 6.92 Å². The summed E-state index contributed by atoms with van der Waals surface area (Å²) in [6, 6.07) is 7.77. The molecule has 0 saturated heterocycles. The highest BCUT2D eigenvalue weighted by Gasteiger charge is 2.28. The van der Waals surface area contributed by atoms with Crippen LogP contribution in [0, 0.1) is 5.41 Å². The summed E-state index contributed by atoms with van der Waals surface area (Å²) in [7, 11) is 0. The van der Waals surface area contributed by atoms with Crippen LogP contribution in [0.3, 0.4) is 0 Å². The Hall–Kier alpha value is -3.15. The zero-order valence-corrected chi connectivity index (χ0v) is 12.4. The number of fused-ring (bicyclic) bond motifs is 2. The van der Waals surface area contributed by atoms with Crippen LogP contribution in [0.5, 0.6) is 0 Å². The number of imidazole rings is 2. The lowest BCUT2D eigenvalue weighted by molar-refractivity contribution is -0.142. The van der Waals surface area contributed by atoms with Crippen LogP contribution in [0.1, 0.15) is 18.3 Å². The topological polar surface area (TPSA) is 94.7 Å². The summed E-state index contributed by atoms with van der Waals surface area (Å²) < 4.78 is 0. The molecule has 1 atom stereocenters. The van der Waals surface area contributed by atoms with E-state index >= 15 is 0 Å². The fraction of sp³-hybridized carbons (Fsp3) is 0.118. The van der Waals surface area contributed by atoms with E-state index < -0.39 is 11.4 Å². The van der Waals surface area contributed by atoms with Crippen molar-refractivity contribution in [1.82, 2.24) is 19.9 Å². The Morgan fingerprint density at radius 1 is 1.09 bits per heavy atom. The molecule has 1 aromatic carbocycles. The summed E-state index contributed by atoms with van der Waals surface area (Å²) in [5, 5.41) is 9.30. The summed E-state index contributed by atoms with van der Waals surface area (Å²) >= 11 is 0. The van der Waals surface area contributed by atoms with Crippen LogP contribution in [0.15, 0.2) is 36.4 Å². The van der Waals surface area contributed by atoms with Crippen molar-refractivity contribution >= 4 is 29.2 Å². The Labute approximate surface area is 131 Å². The molecule has 2 aromatic heterocycles. The number of hydrogen-bond donors (Lipinski definition) is 3. The van der Waals surface area contributed by atoms with Gasteiger partial charge in [0.1, 0.15) is 5.41 Å². The molecule has 1 aliphatic rings. The normalized spacial score (nSPS) is 15.5. The molecule has 1 aliphatic carbocycles. The number of hydrogen-bond acceptors (Lipinski definition) is 3. The first-order chi connectivity index (χ1) is 11.0. The number of para-hydroxylation sites is 2. The van der Waals surface area contributed by atoms with Crippen LogP contribution in [0.4, 0.5) is 0 Å². The van der Waals surface area contributed by atoms with E-state index in [-0.39, 0.29) is 0 Å². The molecule has 6 nitrogen and oxygen atoms in total. The molecule has 4 rings (SSSR count). The maximum absolute atomic E-state index is 11.3. The second-order valence-corrected chi connectivity index (χ2v) is 5.74. The number of aliphatic carboxylic acids is 1. The summed E-state index contributed by atoms with van der Waals surface area (Å²) in [5.74, 6) is 0.383. The molecule has 0 aliphatic heterocycles. The van der Waals surface area contributed by atoms with Crippen molar-refractivity contribution in [2.75, 3.05) is 0 Å². The fourth-order valence-electron chi connectivity index (χ4n) is 2.54. The highest BCUT2D eigenvalue weighted by molar-refractivity contribution is 5.84. The van der Waals surface area contributed by atoms with Crippen LogP contribution < -0.4 is 0 Å². The lowest BCUT2D eigenvalue weighted by Gasteiger charge is -2.13. The van der Waals surface area contributed by atoms with Crippen molar-refractivity contribution in [1.29, 1.82) is 0 Å². The van der Waals surface area contributed by atoms with Gasteiger partial charge in [-0.3, -0.25) is 4.79 Å². The molecule has 2 heterocycles. The number of nitrogens with zero attached hydrogens (tertiary/aromatic N) is 2. The molecular formula is C17H14N4O2. The number of H-pyrrole nitrogens is 2. The van der Waals surface area contributed by atoms with Crippen LogP contribution in [0.2, 0.25) is 0 Å². The van der Waals surface area contributed by atoms with Crippen molar-refractivity contribution in [2.24, 2.45) is 5.41 Å². The Morgan fingerprint density at radius 3 is 2.61 bits per heavy atom. The summed E-state index contributed by atoms with van der Waals surface area (Å²) in [6.07, 6.45) is 6.77. The number of nitrogens with one attached hydrogen (secondary N) is 2. The maximum atomic E-state index is 11.3. The molecule has 0 saturated carbocycles. The number of rotatable bonds is 2. The van der Waals surface area contributed by atoms with Gasteiger partial charge < -0.3 is 15.1 Å². The Bertz CT molecular complexity index is 913. The molecule has 3 aromatic rings.